The van der Waals surface area contributed by atoms with E-state index in [1.54, 1.807) is 20.4 Å². The Bertz CT molecular complexity index is 1130. The monoisotopic (exact) mass is 582 g/mol. The van der Waals surface area contributed by atoms with Gasteiger partial charge in [-0.25, -0.2) is 9.97 Å². The Morgan fingerprint density at radius 2 is 1.93 bits per heavy atom. The van der Waals surface area contributed by atoms with Crippen molar-refractivity contribution in [2.75, 3.05) is 59.0 Å². The minimum Gasteiger partial charge on any atom is -0.498 e. The van der Waals surface area contributed by atoms with Crippen LogP contribution in [-0.2, 0) is 18.9 Å². The molecule has 1 aliphatic carbocycles. The van der Waals surface area contributed by atoms with Gasteiger partial charge in [-0.15, -0.1) is 0 Å². The molecule has 1 heterocycles. The maximum absolute atomic E-state index is 6.19. The third-order valence-electron chi connectivity index (χ3n) is 7.42. The van der Waals surface area contributed by atoms with Crippen molar-refractivity contribution in [3.8, 4) is 0 Å². The number of nitrogens with zero attached hydrogens (tertiary/aromatic N) is 3. The van der Waals surface area contributed by atoms with Gasteiger partial charge in [0, 0.05) is 38.8 Å². The van der Waals surface area contributed by atoms with Crippen molar-refractivity contribution in [2.24, 2.45) is 11.8 Å². The van der Waals surface area contributed by atoms with Crippen LogP contribution in [0, 0.1) is 11.8 Å². The number of nitrogens with one attached hydrogen (secondary N) is 1. The van der Waals surface area contributed by atoms with Crippen molar-refractivity contribution in [3.05, 3.63) is 84.0 Å². The molecule has 0 aromatic carbocycles. The van der Waals surface area contributed by atoms with Crippen molar-refractivity contribution >= 4 is 11.5 Å². The number of rotatable bonds is 20. The molecule has 2 atom stereocenters. The van der Waals surface area contributed by atoms with Gasteiger partial charge in [0.05, 0.1) is 38.4 Å². The van der Waals surface area contributed by atoms with Gasteiger partial charge in [-0.3, -0.25) is 0 Å². The SMILES string of the molecule is C=C(Nc1nccc(C2=CC(OCC/C=C\COC)=C(OC)C=CC2)n1)C(C)C(C)/C(=C\C)OCCCN(CC)CC.[HH]. The Balaban J connectivity index is 0.00000924. The van der Waals surface area contributed by atoms with Gasteiger partial charge in [0.25, 0.3) is 0 Å². The molecule has 234 valence electrons. The molecule has 8 heteroatoms. The molecule has 0 fully saturated rings. The number of anilines is 1. The first-order valence-corrected chi connectivity index (χ1v) is 15.1. The maximum atomic E-state index is 6.19. The molecule has 0 saturated heterocycles. The highest BCUT2D eigenvalue weighted by Crippen LogP contribution is 2.29. The van der Waals surface area contributed by atoms with Crippen LogP contribution in [0.15, 0.2) is 78.3 Å². The van der Waals surface area contributed by atoms with Gasteiger partial charge < -0.3 is 29.2 Å². The summed E-state index contributed by atoms with van der Waals surface area (Å²) in [6, 6.07) is 1.91. The Kier molecular flexibility index (Phi) is 16.3. The van der Waals surface area contributed by atoms with Gasteiger partial charge in [0.2, 0.25) is 5.95 Å². The quantitative estimate of drug-likeness (QED) is 0.0969. The van der Waals surface area contributed by atoms with Crippen LogP contribution in [0.1, 0.15) is 61.0 Å². The number of aromatic nitrogens is 2. The lowest BCUT2D eigenvalue weighted by Gasteiger charge is -2.26. The van der Waals surface area contributed by atoms with E-state index in [1.165, 1.54) is 0 Å². The lowest BCUT2D eigenvalue weighted by molar-refractivity contribution is 0.153. The molecule has 0 spiro atoms. The summed E-state index contributed by atoms with van der Waals surface area (Å²) in [5.74, 6) is 3.12. The molecule has 2 unspecified atom stereocenters. The van der Waals surface area contributed by atoms with Crippen LogP contribution >= 0.6 is 0 Å². The van der Waals surface area contributed by atoms with Crippen molar-refractivity contribution in [1.29, 1.82) is 0 Å². The first kappa shape index (κ1) is 34.8. The fourth-order valence-corrected chi connectivity index (χ4v) is 4.54. The molecule has 1 aliphatic rings. The highest BCUT2D eigenvalue weighted by molar-refractivity contribution is 5.68. The molecule has 2 rings (SSSR count). The predicted molar refractivity (Wildman–Crippen MR) is 175 cm³/mol. The molecule has 1 N–H and O–H groups in total. The van der Waals surface area contributed by atoms with E-state index in [0.717, 1.165) is 55.2 Å². The first-order chi connectivity index (χ1) is 20.4. The molecule has 0 radical (unpaired) electrons. The van der Waals surface area contributed by atoms with Gasteiger partial charge in [-0.2, -0.15) is 0 Å². The smallest absolute Gasteiger partial charge is 0.227 e. The second-order valence-corrected chi connectivity index (χ2v) is 10.2. The zero-order valence-corrected chi connectivity index (χ0v) is 26.8. The van der Waals surface area contributed by atoms with Gasteiger partial charge in [0.1, 0.15) is 0 Å². The molecule has 0 saturated carbocycles. The summed E-state index contributed by atoms with van der Waals surface area (Å²) >= 11 is 0. The lowest BCUT2D eigenvalue weighted by Crippen LogP contribution is -2.25. The zero-order chi connectivity index (χ0) is 30.7. The molecule has 0 aliphatic heterocycles. The first-order valence-electron chi connectivity index (χ1n) is 15.1. The topological polar surface area (TPSA) is 78.0 Å². The van der Waals surface area contributed by atoms with Crippen molar-refractivity contribution in [2.45, 2.75) is 53.9 Å². The van der Waals surface area contributed by atoms with Crippen molar-refractivity contribution in [3.63, 3.8) is 0 Å². The maximum Gasteiger partial charge on any atom is 0.227 e. The van der Waals surface area contributed by atoms with Crippen molar-refractivity contribution in [1.82, 2.24) is 14.9 Å². The van der Waals surface area contributed by atoms with E-state index in [2.05, 4.69) is 61.6 Å². The minimum atomic E-state index is 0. The fraction of sp³-hybridized carbons (Fsp3) is 0.529. The van der Waals surface area contributed by atoms with Crippen LogP contribution in [0.4, 0.5) is 5.95 Å². The second-order valence-electron chi connectivity index (χ2n) is 10.2. The van der Waals surface area contributed by atoms with E-state index in [-0.39, 0.29) is 13.3 Å². The van der Waals surface area contributed by atoms with Gasteiger partial charge in [-0.1, -0.05) is 52.5 Å². The van der Waals surface area contributed by atoms with E-state index < -0.39 is 0 Å². The Labute approximate surface area is 255 Å². The van der Waals surface area contributed by atoms with E-state index in [1.807, 2.05) is 37.3 Å². The predicted octanol–water partition coefficient (Wildman–Crippen LogP) is 7.38. The van der Waals surface area contributed by atoms with E-state index in [9.17, 15) is 0 Å². The van der Waals surface area contributed by atoms with Gasteiger partial charge in [-0.05, 0) is 69.1 Å². The summed E-state index contributed by atoms with van der Waals surface area (Å²) < 4.78 is 22.9. The number of hydrogen-bond donors (Lipinski definition) is 1. The van der Waals surface area contributed by atoms with Crippen LogP contribution < -0.4 is 5.32 Å². The van der Waals surface area contributed by atoms with Crippen molar-refractivity contribution < 1.29 is 20.4 Å². The summed E-state index contributed by atoms with van der Waals surface area (Å²) in [7, 11) is 3.33. The minimum absolute atomic E-state index is 0. The molecule has 0 amide bonds. The van der Waals surface area contributed by atoms with Crippen LogP contribution in [0.3, 0.4) is 0 Å². The largest absolute Gasteiger partial charge is 0.498 e. The zero-order valence-electron chi connectivity index (χ0n) is 26.8. The highest BCUT2D eigenvalue weighted by Gasteiger charge is 2.21. The number of allylic oxidation sites excluding steroid dienone is 7. The fourth-order valence-electron chi connectivity index (χ4n) is 4.54. The normalized spacial score (nSPS) is 15.4. The number of ether oxygens (including phenoxy) is 4. The number of hydrogen-bond acceptors (Lipinski definition) is 8. The van der Waals surface area contributed by atoms with Gasteiger partial charge in [0.15, 0.2) is 11.5 Å². The van der Waals surface area contributed by atoms with E-state index in [4.69, 9.17) is 23.9 Å². The summed E-state index contributed by atoms with van der Waals surface area (Å²) in [6.07, 6.45) is 16.3. The standard InChI is InChI=1S/C34H52N4O4.H2/c1-9-31(41-24-16-21-38(10-2)11-3)27(5)26(4)28(6)36-34-35-20-19-30(37-34)29-17-15-18-32(40-8)33(25-29)42-23-14-12-13-22-39-7;/h9,12-13,15,18-20,25-27H,6,10-11,14,16-17,21-24H2,1-5,7-8H3,(H,35,36,37);1H/b13-12-,31-9+;. The second kappa shape index (κ2) is 19.7. The van der Waals surface area contributed by atoms with E-state index >= 15 is 0 Å². The molecule has 1 aromatic rings. The summed E-state index contributed by atoms with van der Waals surface area (Å²) in [4.78, 5) is 11.7. The van der Waals surface area contributed by atoms with Crippen LogP contribution in [0.25, 0.3) is 5.57 Å². The third kappa shape index (κ3) is 11.5. The van der Waals surface area contributed by atoms with Crippen LogP contribution in [0.5, 0.6) is 0 Å². The average molecular weight is 583 g/mol. The molecule has 0 bridgehead atoms. The number of methoxy groups -OCH3 is 2. The summed E-state index contributed by atoms with van der Waals surface area (Å²) in [6.45, 7) is 20.1. The van der Waals surface area contributed by atoms with Crippen LogP contribution in [0.2, 0.25) is 0 Å². The Hall–Kier alpha value is -3.36. The van der Waals surface area contributed by atoms with Crippen LogP contribution in [-0.4, -0.2) is 68.5 Å². The Morgan fingerprint density at radius 3 is 2.62 bits per heavy atom. The Morgan fingerprint density at radius 1 is 1.14 bits per heavy atom. The van der Waals surface area contributed by atoms with Gasteiger partial charge >= 0.3 is 0 Å². The average Bonchev–Trinajstić information content (AvgIpc) is 3.22. The summed E-state index contributed by atoms with van der Waals surface area (Å²) in [5.41, 5.74) is 2.66. The third-order valence-corrected chi connectivity index (χ3v) is 7.42. The lowest BCUT2D eigenvalue weighted by atomic mass is 9.91. The molecule has 42 heavy (non-hydrogen) atoms. The van der Waals surface area contributed by atoms with E-state index in [0.29, 0.717) is 43.7 Å². The highest BCUT2D eigenvalue weighted by atomic mass is 16.5. The molecule has 1 aromatic heterocycles. The molecule has 8 nitrogen and oxygen atoms in total. The molecular weight excluding hydrogens is 528 g/mol. The molecular formula is C34H54N4O4. The summed E-state index contributed by atoms with van der Waals surface area (Å²) in [5, 5.41) is 3.35.